The van der Waals surface area contributed by atoms with Crippen molar-refractivity contribution < 1.29 is 0 Å². The van der Waals surface area contributed by atoms with E-state index in [2.05, 4.69) is 44.3 Å². The molecule has 0 bridgehead atoms. The fraction of sp³-hybridized carbons (Fsp3) is 0.235. The van der Waals surface area contributed by atoms with Gasteiger partial charge in [-0.3, -0.25) is 0 Å². The maximum Gasteiger partial charge on any atom is 0.106 e. The molecule has 0 atom stereocenters. The molecule has 0 amide bonds. The molecule has 0 aliphatic heterocycles. The maximum absolute atomic E-state index is 6.11. The van der Waals surface area contributed by atoms with Crippen molar-refractivity contribution in [3.05, 3.63) is 58.1 Å². The number of aryl methyl sites for hydroxylation is 1. The smallest absolute Gasteiger partial charge is 0.106 e. The lowest BCUT2D eigenvalue weighted by atomic mass is 9.97. The minimum atomic E-state index is 0.355. The van der Waals surface area contributed by atoms with Gasteiger partial charge in [-0.25, -0.2) is 0 Å². The first-order valence-corrected chi connectivity index (χ1v) is 7.64. The Morgan fingerprint density at radius 1 is 1.24 bits per heavy atom. The van der Waals surface area contributed by atoms with E-state index < -0.39 is 0 Å². The van der Waals surface area contributed by atoms with Crippen LogP contribution in [0.1, 0.15) is 36.5 Å². The quantitative estimate of drug-likeness (QED) is 0.766. The molecule has 0 saturated carbocycles. The van der Waals surface area contributed by atoms with Crippen LogP contribution < -0.4 is 11.1 Å². The summed E-state index contributed by atoms with van der Waals surface area (Å²) in [4.78, 5) is 0.355. The van der Waals surface area contributed by atoms with E-state index in [-0.39, 0.29) is 0 Å². The van der Waals surface area contributed by atoms with Gasteiger partial charge in [-0.2, -0.15) is 0 Å². The van der Waals surface area contributed by atoms with Gasteiger partial charge in [-0.1, -0.05) is 55.9 Å². The fourth-order valence-electron chi connectivity index (χ4n) is 2.31. The number of hydrogen-bond donors (Lipinski definition) is 2. The van der Waals surface area contributed by atoms with Crippen molar-refractivity contribution in [3.63, 3.8) is 0 Å². The molecular formula is C17H19ClN2S. The first kappa shape index (κ1) is 15.8. The highest BCUT2D eigenvalue weighted by atomic mass is 35.5. The zero-order chi connectivity index (χ0) is 15.6. The average molecular weight is 319 g/mol. The second-order valence-electron chi connectivity index (χ2n) is 5.37. The number of benzene rings is 2. The van der Waals surface area contributed by atoms with Gasteiger partial charge in [-0.15, -0.1) is 0 Å². The molecule has 0 spiro atoms. The normalized spacial score (nSPS) is 10.7. The second kappa shape index (κ2) is 6.46. The van der Waals surface area contributed by atoms with E-state index in [1.165, 1.54) is 11.1 Å². The lowest BCUT2D eigenvalue weighted by Crippen LogP contribution is -2.12. The average Bonchev–Trinajstić information content (AvgIpc) is 2.40. The van der Waals surface area contributed by atoms with Gasteiger partial charge in [0, 0.05) is 16.3 Å². The van der Waals surface area contributed by atoms with E-state index in [1.54, 1.807) is 6.07 Å². The van der Waals surface area contributed by atoms with Crippen LogP contribution >= 0.6 is 23.8 Å². The molecule has 0 saturated heterocycles. The van der Waals surface area contributed by atoms with Gasteiger partial charge < -0.3 is 11.1 Å². The molecule has 2 rings (SSSR count). The van der Waals surface area contributed by atoms with E-state index in [0.29, 0.717) is 15.9 Å². The molecule has 0 aliphatic carbocycles. The van der Waals surface area contributed by atoms with Crippen molar-refractivity contribution in [2.75, 3.05) is 5.32 Å². The van der Waals surface area contributed by atoms with Crippen LogP contribution in [0.25, 0.3) is 0 Å². The molecule has 21 heavy (non-hydrogen) atoms. The summed E-state index contributed by atoms with van der Waals surface area (Å²) < 4.78 is 0. The van der Waals surface area contributed by atoms with Gasteiger partial charge in [0.15, 0.2) is 0 Å². The molecule has 2 aromatic rings. The highest BCUT2D eigenvalue weighted by Gasteiger charge is 2.12. The lowest BCUT2D eigenvalue weighted by Gasteiger charge is -2.19. The summed E-state index contributed by atoms with van der Waals surface area (Å²) in [6.07, 6.45) is 0. The van der Waals surface area contributed by atoms with E-state index in [1.807, 2.05) is 12.1 Å². The molecular weight excluding hydrogens is 300 g/mol. The second-order valence-corrected chi connectivity index (χ2v) is 6.25. The van der Waals surface area contributed by atoms with E-state index in [4.69, 9.17) is 29.6 Å². The Balaban J connectivity index is 2.53. The van der Waals surface area contributed by atoms with Gasteiger partial charge in [-0.05, 0) is 42.2 Å². The Morgan fingerprint density at radius 2 is 1.95 bits per heavy atom. The first-order valence-electron chi connectivity index (χ1n) is 6.86. The molecule has 2 nitrogen and oxygen atoms in total. The summed E-state index contributed by atoms with van der Waals surface area (Å²) in [7, 11) is 0. The Morgan fingerprint density at radius 3 is 2.57 bits per heavy atom. The molecule has 0 heterocycles. The molecule has 0 radical (unpaired) electrons. The maximum atomic E-state index is 6.11. The van der Waals surface area contributed by atoms with Crippen molar-refractivity contribution >= 4 is 40.2 Å². The zero-order valence-corrected chi connectivity index (χ0v) is 14.0. The van der Waals surface area contributed by atoms with E-state index in [9.17, 15) is 0 Å². The van der Waals surface area contributed by atoms with Gasteiger partial charge in [0.1, 0.15) is 4.99 Å². The SMILES string of the molecule is Cc1cccc(C(C)C)c1Nc1cc(Cl)ccc1C(N)=S. The van der Waals surface area contributed by atoms with Crippen LogP contribution in [0.2, 0.25) is 5.02 Å². The highest BCUT2D eigenvalue weighted by Crippen LogP contribution is 2.32. The fourth-order valence-corrected chi connectivity index (χ4v) is 2.66. The van der Waals surface area contributed by atoms with Gasteiger partial charge in [0.2, 0.25) is 0 Å². The molecule has 0 aromatic heterocycles. The monoisotopic (exact) mass is 318 g/mol. The van der Waals surface area contributed by atoms with E-state index >= 15 is 0 Å². The molecule has 3 N–H and O–H groups in total. The van der Waals surface area contributed by atoms with Crippen LogP contribution in [0, 0.1) is 6.92 Å². The summed E-state index contributed by atoms with van der Waals surface area (Å²) in [5, 5.41) is 4.11. The molecule has 4 heteroatoms. The predicted molar refractivity (Wildman–Crippen MR) is 95.9 cm³/mol. The highest BCUT2D eigenvalue weighted by molar-refractivity contribution is 7.80. The summed E-state index contributed by atoms with van der Waals surface area (Å²) in [5.74, 6) is 0.417. The van der Waals surface area contributed by atoms with Crippen LogP contribution in [0.5, 0.6) is 0 Å². The van der Waals surface area contributed by atoms with Crippen LogP contribution in [0.3, 0.4) is 0 Å². The first-order chi connectivity index (χ1) is 9.90. The third-order valence-electron chi connectivity index (χ3n) is 3.43. The number of halogens is 1. The Kier molecular flexibility index (Phi) is 4.86. The third-order valence-corrected chi connectivity index (χ3v) is 3.89. The molecule has 0 aliphatic rings. The number of anilines is 2. The topological polar surface area (TPSA) is 38.0 Å². The number of nitrogens with two attached hydrogens (primary N) is 1. The number of thiocarbonyl (C=S) groups is 1. The Bertz CT molecular complexity index is 680. The van der Waals surface area contributed by atoms with Gasteiger partial charge in [0.05, 0.1) is 5.69 Å². The Labute approximate surface area is 136 Å². The predicted octanol–water partition coefficient (Wildman–Crippen LogP) is 5.15. The van der Waals surface area contributed by atoms with Crippen LogP contribution in [0.15, 0.2) is 36.4 Å². The minimum absolute atomic E-state index is 0.355. The molecule has 0 fully saturated rings. The summed E-state index contributed by atoms with van der Waals surface area (Å²) in [6, 6.07) is 11.8. The van der Waals surface area contributed by atoms with E-state index in [0.717, 1.165) is 16.9 Å². The minimum Gasteiger partial charge on any atom is -0.389 e. The largest absolute Gasteiger partial charge is 0.389 e. The van der Waals surface area contributed by atoms with Crippen molar-refractivity contribution in [2.45, 2.75) is 26.7 Å². The summed E-state index contributed by atoms with van der Waals surface area (Å²) >= 11 is 11.2. The molecule has 0 unspecified atom stereocenters. The molecule has 2 aromatic carbocycles. The number of hydrogen-bond acceptors (Lipinski definition) is 2. The van der Waals surface area contributed by atoms with Crippen LogP contribution in [-0.4, -0.2) is 4.99 Å². The number of nitrogens with one attached hydrogen (secondary N) is 1. The van der Waals surface area contributed by atoms with Crippen molar-refractivity contribution in [1.82, 2.24) is 0 Å². The lowest BCUT2D eigenvalue weighted by molar-refractivity contribution is 0.867. The van der Waals surface area contributed by atoms with Crippen molar-refractivity contribution in [1.29, 1.82) is 0 Å². The van der Waals surface area contributed by atoms with Crippen molar-refractivity contribution in [2.24, 2.45) is 5.73 Å². The summed E-state index contributed by atoms with van der Waals surface area (Å²) in [6.45, 7) is 6.43. The van der Waals surface area contributed by atoms with Crippen LogP contribution in [-0.2, 0) is 0 Å². The zero-order valence-electron chi connectivity index (χ0n) is 12.4. The summed E-state index contributed by atoms with van der Waals surface area (Å²) in [5.41, 5.74) is 11.0. The standard InChI is InChI=1S/C17H19ClN2S/c1-10(2)13-6-4-5-11(3)16(13)20-15-9-12(18)7-8-14(15)17(19)21/h4-10,20H,1-3H3,(H2,19,21). The molecule has 110 valence electrons. The van der Waals surface area contributed by atoms with Gasteiger partial charge >= 0.3 is 0 Å². The third kappa shape index (κ3) is 3.55. The number of rotatable bonds is 4. The van der Waals surface area contributed by atoms with Gasteiger partial charge in [0.25, 0.3) is 0 Å². The number of para-hydroxylation sites is 1. The Hall–Kier alpha value is -1.58. The van der Waals surface area contributed by atoms with Crippen molar-refractivity contribution in [3.8, 4) is 0 Å². The van der Waals surface area contributed by atoms with Crippen LogP contribution in [0.4, 0.5) is 11.4 Å².